The van der Waals surface area contributed by atoms with Crippen LogP contribution < -0.4 is 0 Å². The van der Waals surface area contributed by atoms with E-state index in [9.17, 15) is 9.90 Å². The van der Waals surface area contributed by atoms with Crippen LogP contribution in [0.4, 0.5) is 0 Å². The normalized spacial score (nSPS) is 12.7. The summed E-state index contributed by atoms with van der Waals surface area (Å²) < 4.78 is 4.71. The summed E-state index contributed by atoms with van der Waals surface area (Å²) in [4.78, 5) is 20.7. The summed E-state index contributed by atoms with van der Waals surface area (Å²) in [5, 5.41) is 13.4. The highest BCUT2D eigenvalue weighted by molar-refractivity contribution is 7.20. The van der Waals surface area contributed by atoms with Crippen molar-refractivity contribution in [3.05, 3.63) is 22.1 Å². The summed E-state index contributed by atoms with van der Waals surface area (Å²) in [6, 6.07) is 0. The molecule has 2 rings (SSSR count). The molecular formula is C12H14N2O3S2. The molecule has 0 radical (unpaired) electrons. The van der Waals surface area contributed by atoms with Crippen molar-refractivity contribution in [1.82, 2.24) is 9.97 Å². The zero-order valence-corrected chi connectivity index (χ0v) is 12.4. The van der Waals surface area contributed by atoms with Crippen molar-refractivity contribution in [1.29, 1.82) is 0 Å². The summed E-state index contributed by atoms with van der Waals surface area (Å²) in [6.45, 7) is 3.77. The van der Waals surface area contributed by atoms with Crippen molar-refractivity contribution in [2.45, 2.75) is 20.0 Å². The van der Waals surface area contributed by atoms with Gasteiger partial charge in [0.15, 0.2) is 15.7 Å². The second kappa shape index (κ2) is 5.77. The van der Waals surface area contributed by atoms with Gasteiger partial charge < -0.3 is 9.84 Å². The summed E-state index contributed by atoms with van der Waals surface area (Å²) in [6.07, 6.45) is 0.943. The minimum atomic E-state index is -0.736. The van der Waals surface area contributed by atoms with Crippen molar-refractivity contribution in [2.24, 2.45) is 5.92 Å². The van der Waals surface area contributed by atoms with E-state index in [2.05, 4.69) is 9.97 Å². The van der Waals surface area contributed by atoms with Gasteiger partial charge >= 0.3 is 5.97 Å². The van der Waals surface area contributed by atoms with E-state index in [0.717, 1.165) is 5.01 Å². The van der Waals surface area contributed by atoms with Crippen LogP contribution in [-0.4, -0.2) is 28.2 Å². The van der Waals surface area contributed by atoms with E-state index in [4.69, 9.17) is 4.74 Å². The average Bonchev–Trinajstić information content (AvgIpc) is 3.04. The van der Waals surface area contributed by atoms with E-state index < -0.39 is 12.1 Å². The Bertz CT molecular complexity index is 564. The first-order chi connectivity index (χ1) is 9.04. The van der Waals surface area contributed by atoms with Crippen LogP contribution in [0.2, 0.25) is 0 Å². The SMILES string of the molecule is COC(=O)c1nc(-c2nccs2)sc1C(O)C(C)C. The Morgan fingerprint density at radius 1 is 1.42 bits per heavy atom. The van der Waals surface area contributed by atoms with E-state index in [-0.39, 0.29) is 11.6 Å². The molecule has 0 saturated carbocycles. The van der Waals surface area contributed by atoms with Crippen LogP contribution >= 0.6 is 22.7 Å². The maximum Gasteiger partial charge on any atom is 0.357 e. The van der Waals surface area contributed by atoms with Crippen LogP contribution in [-0.2, 0) is 4.74 Å². The van der Waals surface area contributed by atoms with Gasteiger partial charge in [0.2, 0.25) is 0 Å². The van der Waals surface area contributed by atoms with Gasteiger partial charge in [-0.05, 0) is 5.92 Å². The largest absolute Gasteiger partial charge is 0.464 e. The second-order valence-corrected chi connectivity index (χ2v) is 6.17. The van der Waals surface area contributed by atoms with E-state index in [1.54, 1.807) is 6.20 Å². The lowest BCUT2D eigenvalue weighted by molar-refractivity contribution is 0.0583. The van der Waals surface area contributed by atoms with E-state index in [0.29, 0.717) is 9.88 Å². The first-order valence-electron chi connectivity index (χ1n) is 5.71. The Balaban J connectivity index is 2.48. The Morgan fingerprint density at radius 2 is 2.16 bits per heavy atom. The molecular weight excluding hydrogens is 284 g/mol. The lowest BCUT2D eigenvalue weighted by Gasteiger charge is -2.12. The molecule has 19 heavy (non-hydrogen) atoms. The molecule has 0 fully saturated rings. The Labute approximate surface area is 118 Å². The highest BCUT2D eigenvalue weighted by Crippen LogP contribution is 2.35. The number of thiazole rings is 2. The third-order valence-electron chi connectivity index (χ3n) is 2.55. The molecule has 0 saturated heterocycles. The van der Waals surface area contributed by atoms with Gasteiger partial charge in [-0.25, -0.2) is 14.8 Å². The minimum Gasteiger partial charge on any atom is -0.464 e. The smallest absolute Gasteiger partial charge is 0.357 e. The molecule has 2 aromatic rings. The van der Waals surface area contributed by atoms with Gasteiger partial charge in [-0.15, -0.1) is 22.7 Å². The number of hydrogen-bond donors (Lipinski definition) is 1. The topological polar surface area (TPSA) is 72.3 Å². The minimum absolute atomic E-state index is 0.00648. The van der Waals surface area contributed by atoms with Gasteiger partial charge in [0.1, 0.15) is 0 Å². The van der Waals surface area contributed by atoms with E-state index in [1.807, 2.05) is 19.2 Å². The Hall–Kier alpha value is -1.31. The van der Waals surface area contributed by atoms with Gasteiger partial charge in [0, 0.05) is 11.6 Å². The van der Waals surface area contributed by atoms with Gasteiger partial charge in [-0.3, -0.25) is 0 Å². The van der Waals surface area contributed by atoms with Crippen molar-refractivity contribution in [2.75, 3.05) is 7.11 Å². The number of esters is 1. The summed E-state index contributed by atoms with van der Waals surface area (Å²) in [5.74, 6) is -0.540. The van der Waals surface area contributed by atoms with Crippen molar-refractivity contribution in [3.63, 3.8) is 0 Å². The third kappa shape index (κ3) is 2.83. The first-order valence-corrected chi connectivity index (χ1v) is 7.41. The number of ether oxygens (including phenoxy) is 1. The summed E-state index contributed by atoms with van der Waals surface area (Å²) >= 11 is 2.72. The third-order valence-corrected chi connectivity index (χ3v) is 4.59. The van der Waals surface area contributed by atoms with E-state index >= 15 is 0 Å². The molecule has 0 aliphatic carbocycles. The van der Waals surface area contributed by atoms with Crippen LogP contribution in [0.3, 0.4) is 0 Å². The number of rotatable bonds is 4. The van der Waals surface area contributed by atoms with Crippen LogP contribution in [0.25, 0.3) is 10.0 Å². The number of carbonyl (C=O) groups is 1. The van der Waals surface area contributed by atoms with Crippen LogP contribution in [0.1, 0.15) is 35.3 Å². The van der Waals surface area contributed by atoms with Gasteiger partial charge in [0.05, 0.1) is 18.1 Å². The van der Waals surface area contributed by atoms with Crippen LogP contribution in [0, 0.1) is 5.92 Å². The molecule has 2 heterocycles. The Morgan fingerprint density at radius 3 is 2.68 bits per heavy atom. The summed E-state index contributed by atoms with van der Waals surface area (Å²) in [5.41, 5.74) is 0.180. The van der Waals surface area contributed by atoms with E-state index in [1.165, 1.54) is 29.8 Å². The molecule has 1 atom stereocenters. The molecule has 0 bridgehead atoms. The molecule has 2 aromatic heterocycles. The number of methoxy groups -OCH3 is 1. The lowest BCUT2D eigenvalue weighted by atomic mass is 10.1. The molecule has 5 nitrogen and oxygen atoms in total. The first kappa shape index (κ1) is 14.1. The molecule has 0 amide bonds. The fourth-order valence-electron chi connectivity index (χ4n) is 1.50. The number of carbonyl (C=O) groups excluding carboxylic acids is 1. The van der Waals surface area contributed by atoms with Crippen LogP contribution in [0.15, 0.2) is 11.6 Å². The Kier molecular flexibility index (Phi) is 4.28. The quantitative estimate of drug-likeness (QED) is 0.879. The van der Waals surface area contributed by atoms with Crippen LogP contribution in [0.5, 0.6) is 0 Å². The molecule has 0 aromatic carbocycles. The van der Waals surface area contributed by atoms with Crippen molar-refractivity contribution < 1.29 is 14.6 Å². The van der Waals surface area contributed by atoms with Crippen molar-refractivity contribution in [3.8, 4) is 10.0 Å². The molecule has 102 valence electrons. The highest BCUT2D eigenvalue weighted by Gasteiger charge is 2.26. The number of aliphatic hydroxyl groups is 1. The number of aliphatic hydroxyl groups excluding tert-OH is 1. The molecule has 0 aliphatic rings. The zero-order valence-electron chi connectivity index (χ0n) is 10.8. The van der Waals surface area contributed by atoms with Gasteiger partial charge in [-0.2, -0.15) is 0 Å². The highest BCUT2D eigenvalue weighted by atomic mass is 32.1. The van der Waals surface area contributed by atoms with Gasteiger partial charge in [0.25, 0.3) is 0 Å². The number of aromatic nitrogens is 2. The van der Waals surface area contributed by atoms with Crippen molar-refractivity contribution >= 4 is 28.6 Å². The maximum atomic E-state index is 11.7. The molecule has 1 N–H and O–H groups in total. The fourth-order valence-corrected chi connectivity index (χ4v) is 3.39. The fraction of sp³-hybridized carbons (Fsp3) is 0.417. The molecule has 7 heteroatoms. The maximum absolute atomic E-state index is 11.7. The molecule has 0 aliphatic heterocycles. The number of nitrogens with zero attached hydrogens (tertiary/aromatic N) is 2. The standard InChI is InChI=1S/C12H14N2O3S2/c1-6(2)8(15)9-7(12(16)17-3)14-11(19-9)10-13-4-5-18-10/h4-6,8,15H,1-3H3. The molecule has 1 unspecified atom stereocenters. The molecule has 0 spiro atoms. The lowest BCUT2D eigenvalue weighted by Crippen LogP contribution is -2.11. The number of hydrogen-bond acceptors (Lipinski definition) is 7. The zero-order chi connectivity index (χ0) is 14.0. The van der Waals surface area contributed by atoms with Gasteiger partial charge in [-0.1, -0.05) is 13.8 Å². The predicted molar refractivity (Wildman–Crippen MR) is 74.4 cm³/mol. The monoisotopic (exact) mass is 298 g/mol. The second-order valence-electron chi connectivity index (χ2n) is 4.25. The summed E-state index contributed by atoms with van der Waals surface area (Å²) in [7, 11) is 1.30. The average molecular weight is 298 g/mol. The predicted octanol–water partition coefficient (Wildman–Crippen LogP) is 2.74.